The number of rotatable bonds is 11. The molecule has 5 heterocycles. The Morgan fingerprint density at radius 2 is 1.89 bits per heavy atom. The van der Waals surface area contributed by atoms with Crippen LogP contribution in [-0.4, -0.2) is 82.5 Å². The second kappa shape index (κ2) is 15.0. The number of sulfonamides is 1. The Kier molecular flexibility index (Phi) is 10.3. The third kappa shape index (κ3) is 7.97. The number of aromatic nitrogens is 2. The number of hydrogen-bond acceptors (Lipinski definition) is 12. The molecule has 3 aliphatic heterocycles. The first-order valence-corrected chi connectivity index (χ1v) is 23.0. The van der Waals surface area contributed by atoms with E-state index in [9.17, 15) is 23.3 Å². The van der Waals surface area contributed by atoms with Crippen molar-refractivity contribution < 1.29 is 37.1 Å². The molecule has 7 rings (SSSR count). The fraction of sp³-hybridized carbons (Fsp3) is 0.444. The molecule has 2 aromatic carbocycles. The van der Waals surface area contributed by atoms with Crippen molar-refractivity contribution in [2.75, 3.05) is 49.8 Å². The fourth-order valence-electron chi connectivity index (χ4n) is 6.84. The first kappa shape index (κ1) is 36.6. The van der Waals surface area contributed by atoms with Gasteiger partial charge in [0.1, 0.15) is 24.7 Å². The number of anilines is 3. The lowest BCUT2D eigenvalue weighted by atomic mass is 9.91. The smallest absolute Gasteiger partial charge is 0.297 e. The van der Waals surface area contributed by atoms with Gasteiger partial charge in [0, 0.05) is 58.2 Å². The number of para-hydroxylation sites is 1. The number of amides is 1. The monoisotopic (exact) mass is 764 g/mol. The SMILES string of the molecule is C[Si](C)(C)CCOCn1ccc2cc3c(nc21)OCCCN3c1ccccc1C(=O)NS(=O)(=O)c1cc2c(c([N+](=O)[O-])c1)N[C@H](C1CCOCC1)CO2. The number of fused-ring (bicyclic) bond motifs is 3. The van der Waals surface area contributed by atoms with Gasteiger partial charge < -0.3 is 33.7 Å². The molecule has 1 amide bonds. The van der Waals surface area contributed by atoms with Gasteiger partial charge in [0.25, 0.3) is 21.6 Å². The van der Waals surface area contributed by atoms with Crippen LogP contribution in [0.15, 0.2) is 59.6 Å². The number of ether oxygens (including phenoxy) is 4. The van der Waals surface area contributed by atoms with E-state index in [2.05, 4.69) is 29.7 Å². The summed E-state index contributed by atoms with van der Waals surface area (Å²) in [5.74, 6) is -0.299. The van der Waals surface area contributed by atoms with Crippen LogP contribution in [0, 0.1) is 16.0 Å². The summed E-state index contributed by atoms with van der Waals surface area (Å²) >= 11 is 0. The zero-order valence-corrected chi connectivity index (χ0v) is 31.8. The summed E-state index contributed by atoms with van der Waals surface area (Å²) < 4.78 is 54.9. The molecule has 15 nitrogen and oxygen atoms in total. The average molecular weight is 765 g/mol. The Hall–Kier alpha value is -4.71. The summed E-state index contributed by atoms with van der Waals surface area (Å²) in [7, 11) is -5.82. The van der Waals surface area contributed by atoms with Crippen molar-refractivity contribution in [2.45, 2.75) is 62.6 Å². The molecule has 0 aliphatic carbocycles. The van der Waals surface area contributed by atoms with E-state index in [1.54, 1.807) is 18.2 Å². The van der Waals surface area contributed by atoms with E-state index in [1.165, 1.54) is 12.1 Å². The number of hydrogen-bond donors (Lipinski definition) is 2. The molecule has 282 valence electrons. The van der Waals surface area contributed by atoms with Crippen LogP contribution in [0.25, 0.3) is 11.0 Å². The van der Waals surface area contributed by atoms with Crippen molar-refractivity contribution in [1.82, 2.24) is 14.3 Å². The Labute approximate surface area is 308 Å². The number of benzene rings is 2. The normalized spacial score (nSPS) is 17.9. The van der Waals surface area contributed by atoms with E-state index in [1.807, 2.05) is 27.8 Å². The van der Waals surface area contributed by atoms with E-state index in [0.717, 1.165) is 30.3 Å². The molecule has 3 aliphatic rings. The average Bonchev–Trinajstić information content (AvgIpc) is 3.41. The zero-order chi connectivity index (χ0) is 37.3. The van der Waals surface area contributed by atoms with E-state index >= 15 is 0 Å². The van der Waals surface area contributed by atoms with Crippen LogP contribution in [0.4, 0.5) is 22.7 Å². The summed E-state index contributed by atoms with van der Waals surface area (Å²) in [6, 6.07) is 13.6. The summed E-state index contributed by atoms with van der Waals surface area (Å²) in [6.07, 6.45) is 4.08. The Morgan fingerprint density at radius 1 is 1.09 bits per heavy atom. The second-order valence-corrected chi connectivity index (χ2v) is 22.1. The Morgan fingerprint density at radius 3 is 2.66 bits per heavy atom. The first-order valence-electron chi connectivity index (χ1n) is 17.8. The number of carbonyl (C=O) groups excluding carboxylic acids is 1. The molecule has 0 bridgehead atoms. The van der Waals surface area contributed by atoms with Gasteiger partial charge in [0.15, 0.2) is 11.4 Å². The minimum atomic E-state index is -4.59. The van der Waals surface area contributed by atoms with Gasteiger partial charge in [-0.15, -0.1) is 0 Å². The van der Waals surface area contributed by atoms with Gasteiger partial charge in [-0.25, -0.2) is 13.1 Å². The predicted molar refractivity (Wildman–Crippen MR) is 202 cm³/mol. The lowest BCUT2D eigenvalue weighted by Gasteiger charge is -2.35. The zero-order valence-electron chi connectivity index (χ0n) is 30.0. The lowest BCUT2D eigenvalue weighted by molar-refractivity contribution is -0.384. The summed E-state index contributed by atoms with van der Waals surface area (Å²) in [5.41, 5.74) is 1.52. The van der Waals surface area contributed by atoms with Crippen molar-refractivity contribution in [3.05, 3.63) is 70.4 Å². The van der Waals surface area contributed by atoms with Crippen molar-refractivity contribution in [1.29, 1.82) is 0 Å². The van der Waals surface area contributed by atoms with Crippen LogP contribution in [0.3, 0.4) is 0 Å². The van der Waals surface area contributed by atoms with Gasteiger partial charge in [-0.3, -0.25) is 14.9 Å². The molecule has 4 aromatic rings. The summed E-state index contributed by atoms with van der Waals surface area (Å²) in [6.45, 7) is 10.2. The first-order chi connectivity index (χ1) is 25.4. The molecule has 1 saturated heterocycles. The summed E-state index contributed by atoms with van der Waals surface area (Å²) in [5, 5.41) is 16.2. The number of carbonyl (C=O) groups is 1. The third-order valence-electron chi connectivity index (χ3n) is 9.78. The standard InChI is InChI=1S/C36H44N6O9SSi/c1-53(2,3)18-17-49-23-40-13-9-25-19-31-36(38-34(25)40)50-14-6-12-41(31)29-8-5-4-7-27(29)35(43)39-52(46,47)26-20-30(42(44)45)33-32(21-26)51-22-28(37-33)24-10-15-48-16-11-24/h4-5,7-9,13,19-21,24,28,37H,6,10-12,14-18,22-23H2,1-3H3,(H,39,43)/t28-/m0/s1. The van der Waals surface area contributed by atoms with Crippen LogP contribution >= 0.6 is 0 Å². The van der Waals surface area contributed by atoms with E-state index in [-0.39, 0.29) is 35.6 Å². The third-order valence-corrected chi connectivity index (χ3v) is 12.8. The number of nitro groups is 1. The van der Waals surface area contributed by atoms with Crippen LogP contribution in [0.2, 0.25) is 25.7 Å². The van der Waals surface area contributed by atoms with Crippen molar-refractivity contribution in [3.8, 4) is 11.6 Å². The highest BCUT2D eigenvalue weighted by Gasteiger charge is 2.35. The molecule has 0 radical (unpaired) electrons. The highest BCUT2D eigenvalue weighted by molar-refractivity contribution is 7.90. The Balaban J connectivity index is 1.14. The highest BCUT2D eigenvalue weighted by atomic mass is 32.2. The van der Waals surface area contributed by atoms with Gasteiger partial charge in [-0.1, -0.05) is 31.8 Å². The van der Waals surface area contributed by atoms with Crippen molar-refractivity contribution >= 4 is 57.8 Å². The number of nitrogens with one attached hydrogen (secondary N) is 2. The van der Waals surface area contributed by atoms with E-state index < -0.39 is 39.5 Å². The molecule has 0 unspecified atom stereocenters. The molecular formula is C36H44N6O9SSi. The molecule has 0 spiro atoms. The molecule has 1 fully saturated rings. The molecule has 53 heavy (non-hydrogen) atoms. The molecule has 0 saturated carbocycles. The molecule has 17 heteroatoms. The quantitative estimate of drug-likeness (QED) is 0.0802. The molecule has 2 aromatic heterocycles. The number of nitro benzene ring substituents is 1. The molecular weight excluding hydrogens is 721 g/mol. The maximum atomic E-state index is 13.9. The highest BCUT2D eigenvalue weighted by Crippen LogP contribution is 2.42. The maximum absolute atomic E-state index is 13.9. The molecule has 1 atom stereocenters. The number of nitrogens with zero attached hydrogens (tertiary/aromatic N) is 4. The Bertz CT molecular complexity index is 2130. The van der Waals surface area contributed by atoms with Gasteiger partial charge >= 0.3 is 0 Å². The van der Waals surface area contributed by atoms with Crippen LogP contribution in [0.5, 0.6) is 11.6 Å². The van der Waals surface area contributed by atoms with Crippen LogP contribution < -0.4 is 24.4 Å². The molecule has 2 N–H and O–H groups in total. The van der Waals surface area contributed by atoms with Crippen LogP contribution in [-0.2, 0) is 26.2 Å². The lowest BCUT2D eigenvalue weighted by Crippen LogP contribution is -2.40. The van der Waals surface area contributed by atoms with Crippen LogP contribution in [0.1, 0.15) is 29.6 Å². The fourth-order valence-corrected chi connectivity index (χ4v) is 8.60. The maximum Gasteiger partial charge on any atom is 0.297 e. The van der Waals surface area contributed by atoms with Gasteiger partial charge in [-0.05, 0) is 55.5 Å². The topological polar surface area (TPSA) is 176 Å². The summed E-state index contributed by atoms with van der Waals surface area (Å²) in [4.78, 5) is 31.7. The van der Waals surface area contributed by atoms with Gasteiger partial charge in [0.2, 0.25) is 5.88 Å². The predicted octanol–water partition coefficient (Wildman–Crippen LogP) is 5.90. The van der Waals surface area contributed by atoms with E-state index in [4.69, 9.17) is 23.9 Å². The minimum absolute atomic E-state index is 0.0303. The van der Waals surface area contributed by atoms with Crippen molar-refractivity contribution in [3.63, 3.8) is 0 Å². The second-order valence-electron chi connectivity index (χ2n) is 14.7. The largest absolute Gasteiger partial charge is 0.489 e. The van der Waals surface area contributed by atoms with Crippen molar-refractivity contribution in [2.24, 2.45) is 5.92 Å². The minimum Gasteiger partial charge on any atom is -0.489 e. The van der Waals surface area contributed by atoms with Gasteiger partial charge in [-0.2, -0.15) is 4.98 Å². The number of pyridine rings is 1. The van der Waals surface area contributed by atoms with Gasteiger partial charge in [0.05, 0.1) is 33.7 Å². The van der Waals surface area contributed by atoms with E-state index in [0.29, 0.717) is 69.0 Å².